The van der Waals surface area contributed by atoms with E-state index in [1.165, 1.54) is 5.56 Å². The van der Waals surface area contributed by atoms with Gasteiger partial charge in [-0.15, -0.1) is 0 Å². The van der Waals surface area contributed by atoms with E-state index in [1.54, 1.807) is 12.1 Å². The molecule has 2 aromatic carbocycles. The number of amidine groups is 1. The molecule has 3 aromatic rings. The van der Waals surface area contributed by atoms with Gasteiger partial charge in [-0.3, -0.25) is 4.99 Å². The van der Waals surface area contributed by atoms with E-state index in [-0.39, 0.29) is 5.75 Å². The molecular formula is C18H16N2O2. The second kappa shape index (κ2) is 5.22. The van der Waals surface area contributed by atoms with Crippen molar-refractivity contribution in [2.24, 2.45) is 4.99 Å². The first-order valence-electron chi connectivity index (χ1n) is 7.36. The van der Waals surface area contributed by atoms with Crippen molar-refractivity contribution < 1.29 is 9.52 Å². The summed E-state index contributed by atoms with van der Waals surface area (Å²) in [5.41, 5.74) is 1.94. The van der Waals surface area contributed by atoms with Crippen LogP contribution in [0.4, 0.5) is 0 Å². The van der Waals surface area contributed by atoms with Crippen molar-refractivity contribution in [2.75, 3.05) is 13.1 Å². The van der Waals surface area contributed by atoms with Gasteiger partial charge in [-0.05, 0) is 23.8 Å². The van der Waals surface area contributed by atoms with Crippen molar-refractivity contribution in [1.29, 1.82) is 0 Å². The van der Waals surface area contributed by atoms with Crippen LogP contribution < -0.4 is 0 Å². The minimum absolute atomic E-state index is 0.211. The van der Waals surface area contributed by atoms with E-state index in [9.17, 15) is 5.11 Å². The van der Waals surface area contributed by atoms with Crippen LogP contribution in [0.2, 0.25) is 0 Å². The Labute approximate surface area is 128 Å². The molecule has 0 amide bonds. The zero-order valence-electron chi connectivity index (χ0n) is 12.1. The van der Waals surface area contributed by atoms with Crippen molar-refractivity contribution in [3.63, 3.8) is 0 Å². The van der Waals surface area contributed by atoms with Crippen molar-refractivity contribution in [1.82, 2.24) is 4.90 Å². The van der Waals surface area contributed by atoms with Gasteiger partial charge in [-0.1, -0.05) is 30.3 Å². The molecule has 2 heterocycles. The predicted molar refractivity (Wildman–Crippen MR) is 86.1 cm³/mol. The lowest BCUT2D eigenvalue weighted by Gasteiger charge is -2.18. The van der Waals surface area contributed by atoms with Crippen LogP contribution in [0.15, 0.2) is 64.0 Å². The zero-order chi connectivity index (χ0) is 14.9. The van der Waals surface area contributed by atoms with Crippen molar-refractivity contribution in [3.05, 3.63) is 65.9 Å². The van der Waals surface area contributed by atoms with Gasteiger partial charge in [0.1, 0.15) is 11.3 Å². The maximum Gasteiger partial charge on any atom is 0.170 e. The number of aliphatic imine (C=N–C) groups is 1. The molecule has 0 atom stereocenters. The van der Waals surface area contributed by atoms with Crippen LogP contribution in [0, 0.1) is 0 Å². The van der Waals surface area contributed by atoms with Crippen molar-refractivity contribution in [3.8, 4) is 5.75 Å². The number of phenols is 1. The van der Waals surface area contributed by atoms with E-state index in [1.807, 2.05) is 30.3 Å². The molecule has 0 spiro atoms. The fourth-order valence-corrected chi connectivity index (χ4v) is 2.80. The number of hydrogen-bond donors (Lipinski definition) is 1. The SMILES string of the molecule is Oc1ccc2cc(C3=NCCN3Cc3ccccc3)oc2c1. The summed E-state index contributed by atoms with van der Waals surface area (Å²) in [5.74, 6) is 1.86. The number of hydrogen-bond acceptors (Lipinski definition) is 4. The highest BCUT2D eigenvalue weighted by molar-refractivity contribution is 6.00. The van der Waals surface area contributed by atoms with Crippen molar-refractivity contribution >= 4 is 16.8 Å². The predicted octanol–water partition coefficient (Wildman–Crippen LogP) is 3.40. The van der Waals surface area contributed by atoms with Crippen LogP contribution in [0.1, 0.15) is 11.3 Å². The number of rotatable bonds is 3. The smallest absolute Gasteiger partial charge is 0.170 e. The second-order valence-electron chi connectivity index (χ2n) is 5.45. The van der Waals surface area contributed by atoms with E-state index in [2.05, 4.69) is 22.0 Å². The maximum absolute atomic E-state index is 9.55. The fraction of sp³-hybridized carbons (Fsp3) is 0.167. The molecule has 1 aliphatic rings. The molecule has 0 radical (unpaired) electrons. The summed E-state index contributed by atoms with van der Waals surface area (Å²) in [6.45, 7) is 2.50. The van der Waals surface area contributed by atoms with Crippen LogP contribution in [0.5, 0.6) is 5.75 Å². The largest absolute Gasteiger partial charge is 0.508 e. The van der Waals surface area contributed by atoms with E-state index in [0.29, 0.717) is 5.58 Å². The van der Waals surface area contributed by atoms with Gasteiger partial charge in [-0.2, -0.15) is 0 Å². The van der Waals surface area contributed by atoms with Gasteiger partial charge < -0.3 is 14.4 Å². The third-order valence-electron chi connectivity index (χ3n) is 3.87. The number of furan rings is 1. The molecule has 0 saturated carbocycles. The minimum Gasteiger partial charge on any atom is -0.508 e. The van der Waals surface area contributed by atoms with Crippen LogP contribution in [0.3, 0.4) is 0 Å². The van der Waals surface area contributed by atoms with E-state index >= 15 is 0 Å². The first-order valence-corrected chi connectivity index (χ1v) is 7.36. The standard InChI is InChI=1S/C18H16N2O2/c21-15-7-6-14-10-17(22-16(14)11-15)18-19-8-9-20(18)12-13-4-2-1-3-5-13/h1-7,10-11,21H,8-9,12H2. The van der Waals surface area contributed by atoms with Gasteiger partial charge in [0, 0.05) is 24.5 Å². The second-order valence-corrected chi connectivity index (χ2v) is 5.45. The summed E-state index contributed by atoms with van der Waals surface area (Å²) in [6.07, 6.45) is 0. The lowest BCUT2D eigenvalue weighted by Crippen LogP contribution is -2.27. The Balaban J connectivity index is 1.64. The third-order valence-corrected chi connectivity index (χ3v) is 3.87. The highest BCUT2D eigenvalue weighted by Gasteiger charge is 2.22. The molecule has 0 fully saturated rings. The van der Waals surface area contributed by atoms with Gasteiger partial charge in [0.05, 0.1) is 6.54 Å². The first-order chi connectivity index (χ1) is 10.8. The van der Waals surface area contributed by atoms with Crippen LogP contribution in [0.25, 0.3) is 11.0 Å². The lowest BCUT2D eigenvalue weighted by atomic mass is 10.2. The maximum atomic E-state index is 9.55. The van der Waals surface area contributed by atoms with E-state index in [4.69, 9.17) is 4.42 Å². The van der Waals surface area contributed by atoms with Crippen LogP contribution in [-0.2, 0) is 6.54 Å². The molecule has 1 aliphatic heterocycles. The molecule has 4 heteroatoms. The van der Waals surface area contributed by atoms with Gasteiger partial charge in [0.15, 0.2) is 11.6 Å². The molecule has 0 saturated heterocycles. The van der Waals surface area contributed by atoms with Gasteiger partial charge in [0.2, 0.25) is 0 Å². The first kappa shape index (κ1) is 13.0. The topological polar surface area (TPSA) is 49.0 Å². The number of aromatic hydroxyl groups is 1. The molecule has 22 heavy (non-hydrogen) atoms. The van der Waals surface area contributed by atoms with Gasteiger partial charge in [-0.25, -0.2) is 0 Å². The fourth-order valence-electron chi connectivity index (χ4n) is 2.80. The normalized spacial score (nSPS) is 14.5. The molecule has 1 N–H and O–H groups in total. The molecule has 4 rings (SSSR count). The van der Waals surface area contributed by atoms with Crippen LogP contribution in [-0.4, -0.2) is 28.9 Å². The summed E-state index contributed by atoms with van der Waals surface area (Å²) < 4.78 is 5.87. The molecule has 0 unspecified atom stereocenters. The number of fused-ring (bicyclic) bond motifs is 1. The number of nitrogens with zero attached hydrogens (tertiary/aromatic N) is 2. The monoisotopic (exact) mass is 292 g/mol. The molecular weight excluding hydrogens is 276 g/mol. The van der Waals surface area contributed by atoms with Crippen LogP contribution >= 0.6 is 0 Å². The summed E-state index contributed by atoms with van der Waals surface area (Å²) >= 11 is 0. The van der Waals surface area contributed by atoms with E-state index < -0.39 is 0 Å². The highest BCUT2D eigenvalue weighted by Crippen LogP contribution is 2.26. The third kappa shape index (κ3) is 2.33. The minimum atomic E-state index is 0.211. The highest BCUT2D eigenvalue weighted by atomic mass is 16.3. The molecule has 110 valence electrons. The average molecular weight is 292 g/mol. The quantitative estimate of drug-likeness (QED) is 0.805. The Morgan fingerprint density at radius 1 is 1.09 bits per heavy atom. The summed E-state index contributed by atoms with van der Waals surface area (Å²) in [4.78, 5) is 6.82. The van der Waals surface area contributed by atoms with E-state index in [0.717, 1.165) is 36.6 Å². The number of benzene rings is 2. The van der Waals surface area contributed by atoms with Gasteiger partial charge >= 0.3 is 0 Å². The zero-order valence-corrected chi connectivity index (χ0v) is 12.1. The Morgan fingerprint density at radius 2 is 1.95 bits per heavy atom. The Hall–Kier alpha value is -2.75. The molecule has 4 nitrogen and oxygen atoms in total. The lowest BCUT2D eigenvalue weighted by molar-refractivity contribution is 0.442. The van der Waals surface area contributed by atoms with Gasteiger partial charge in [0.25, 0.3) is 0 Å². The molecule has 0 bridgehead atoms. The van der Waals surface area contributed by atoms with Crippen molar-refractivity contribution in [2.45, 2.75) is 6.54 Å². The summed E-state index contributed by atoms with van der Waals surface area (Å²) in [7, 11) is 0. The summed E-state index contributed by atoms with van der Waals surface area (Å²) in [6, 6.07) is 17.5. The average Bonchev–Trinajstić information content (AvgIpc) is 3.14. The molecule has 1 aromatic heterocycles. The Bertz CT molecular complexity index is 837. The Morgan fingerprint density at radius 3 is 2.82 bits per heavy atom. The number of phenolic OH excluding ortho intramolecular Hbond substituents is 1. The Kier molecular flexibility index (Phi) is 3.07. The molecule has 0 aliphatic carbocycles. The summed E-state index contributed by atoms with van der Waals surface area (Å²) in [5, 5.41) is 10.5.